The van der Waals surface area contributed by atoms with Crippen LogP contribution in [-0.2, 0) is 11.1 Å². The van der Waals surface area contributed by atoms with E-state index in [0.29, 0.717) is 12.8 Å². The molecule has 0 saturated carbocycles. The van der Waals surface area contributed by atoms with Crippen molar-refractivity contribution in [2.24, 2.45) is 0 Å². The Labute approximate surface area is 70.7 Å². The second-order valence-electron chi connectivity index (χ2n) is 1.41. The van der Waals surface area contributed by atoms with Gasteiger partial charge in [-0.05, 0) is 17.5 Å². The summed E-state index contributed by atoms with van der Waals surface area (Å²) >= 11 is -2.28. The van der Waals surface area contributed by atoms with Gasteiger partial charge in [-0.2, -0.15) is 0 Å². The molecule has 50 valence electrons. The van der Waals surface area contributed by atoms with Crippen molar-refractivity contribution in [2.45, 2.75) is 19.8 Å². The minimum Gasteiger partial charge on any atom is -1.00 e. The third-order valence-electron chi connectivity index (χ3n) is 0.678. The SMILES string of the molecule is CCCC(=N)S(=O)[O-].[H-].[Li+]. The van der Waals surface area contributed by atoms with Gasteiger partial charge in [0.2, 0.25) is 0 Å². The van der Waals surface area contributed by atoms with Crippen LogP contribution in [0.2, 0.25) is 0 Å². The quantitative estimate of drug-likeness (QED) is 0.205. The Morgan fingerprint density at radius 2 is 2.33 bits per heavy atom. The van der Waals surface area contributed by atoms with Gasteiger partial charge in [-0.25, -0.2) is 0 Å². The summed E-state index contributed by atoms with van der Waals surface area (Å²) in [4.78, 5) is 0. The molecule has 0 heterocycles. The molecule has 3 nitrogen and oxygen atoms in total. The first-order valence-electron chi connectivity index (χ1n) is 2.35. The van der Waals surface area contributed by atoms with Gasteiger partial charge in [-0.3, -0.25) is 9.62 Å². The Hall–Kier alpha value is 0.377. The average molecular weight is 142 g/mol. The topological polar surface area (TPSA) is 64.0 Å². The summed E-state index contributed by atoms with van der Waals surface area (Å²) in [5.74, 6) is 0. The molecule has 5 heteroatoms. The van der Waals surface area contributed by atoms with Crippen LogP contribution < -0.4 is 18.9 Å². The molecule has 0 aliphatic carbocycles. The van der Waals surface area contributed by atoms with Crippen molar-refractivity contribution in [2.75, 3.05) is 0 Å². The van der Waals surface area contributed by atoms with Crippen LogP contribution in [-0.4, -0.2) is 13.8 Å². The number of rotatable bonds is 2. The molecule has 0 amide bonds. The predicted octanol–water partition coefficient (Wildman–Crippen LogP) is -2.24. The van der Waals surface area contributed by atoms with Gasteiger partial charge >= 0.3 is 18.9 Å². The van der Waals surface area contributed by atoms with Crippen molar-refractivity contribution >= 4 is 16.1 Å². The molecule has 1 atom stereocenters. The largest absolute Gasteiger partial charge is 1.00 e. The average Bonchev–Trinajstić information content (AvgIpc) is 1.67. The van der Waals surface area contributed by atoms with Crippen LogP contribution in [0.15, 0.2) is 0 Å². The van der Waals surface area contributed by atoms with E-state index >= 15 is 0 Å². The summed E-state index contributed by atoms with van der Waals surface area (Å²) in [6, 6.07) is 0. The summed E-state index contributed by atoms with van der Waals surface area (Å²) in [6.45, 7) is 1.83. The molecule has 0 spiro atoms. The maximum Gasteiger partial charge on any atom is 1.00 e. The molecule has 0 saturated heterocycles. The van der Waals surface area contributed by atoms with Crippen LogP contribution in [0, 0.1) is 5.41 Å². The first kappa shape index (κ1) is 12.1. The number of nitrogens with one attached hydrogen (secondary N) is 1. The molecule has 9 heavy (non-hydrogen) atoms. The van der Waals surface area contributed by atoms with Crippen molar-refractivity contribution in [1.82, 2.24) is 0 Å². The van der Waals surface area contributed by atoms with E-state index in [1.807, 2.05) is 6.92 Å². The van der Waals surface area contributed by atoms with E-state index in [2.05, 4.69) is 0 Å². The molecule has 0 aromatic rings. The summed E-state index contributed by atoms with van der Waals surface area (Å²) in [7, 11) is 0. The molecule has 1 unspecified atom stereocenters. The summed E-state index contributed by atoms with van der Waals surface area (Å²) in [6.07, 6.45) is 1.07. The minimum atomic E-state index is -2.28. The van der Waals surface area contributed by atoms with Gasteiger partial charge in [-0.1, -0.05) is 13.3 Å². The van der Waals surface area contributed by atoms with Gasteiger partial charge in [0.15, 0.2) is 0 Å². The van der Waals surface area contributed by atoms with E-state index in [1.54, 1.807) is 0 Å². The van der Waals surface area contributed by atoms with Crippen LogP contribution in [0.1, 0.15) is 21.2 Å². The van der Waals surface area contributed by atoms with E-state index in [0.717, 1.165) is 0 Å². The summed E-state index contributed by atoms with van der Waals surface area (Å²) < 4.78 is 19.7. The molecule has 0 fully saturated rings. The van der Waals surface area contributed by atoms with E-state index in [9.17, 15) is 8.76 Å². The molecule has 0 rings (SSSR count). The second-order valence-corrected chi connectivity index (χ2v) is 2.37. The Balaban J connectivity index is -0.000000245. The molecule has 0 aromatic carbocycles. The number of hydrogen-bond acceptors (Lipinski definition) is 3. The van der Waals surface area contributed by atoms with Crippen LogP contribution in [0.5, 0.6) is 0 Å². The molecule has 0 bridgehead atoms. The van der Waals surface area contributed by atoms with Gasteiger partial charge in [-0.15, -0.1) is 0 Å². The number of hydrogen-bond donors (Lipinski definition) is 1. The van der Waals surface area contributed by atoms with E-state index in [-0.39, 0.29) is 25.3 Å². The van der Waals surface area contributed by atoms with Crippen LogP contribution in [0.3, 0.4) is 0 Å². The van der Waals surface area contributed by atoms with Crippen molar-refractivity contribution in [3.63, 3.8) is 0 Å². The maximum absolute atomic E-state index is 9.86. The molecule has 0 aromatic heterocycles. The molecule has 0 aliphatic rings. The molecule has 1 N–H and O–H groups in total. The van der Waals surface area contributed by atoms with E-state index < -0.39 is 11.1 Å². The first-order valence-corrected chi connectivity index (χ1v) is 3.42. The summed E-state index contributed by atoms with van der Waals surface area (Å²) in [5, 5.41) is 6.53. The molecule has 0 aliphatic heterocycles. The zero-order chi connectivity index (χ0) is 6.57. The van der Waals surface area contributed by atoms with Gasteiger partial charge in [0.05, 0.1) is 5.04 Å². The predicted molar refractivity (Wildman–Crippen MR) is 32.7 cm³/mol. The monoisotopic (exact) mass is 142 g/mol. The van der Waals surface area contributed by atoms with Crippen molar-refractivity contribution in [3.8, 4) is 0 Å². The van der Waals surface area contributed by atoms with Gasteiger partial charge in [0.25, 0.3) is 0 Å². The smallest absolute Gasteiger partial charge is 1.00 e. The fraction of sp³-hybridized carbons (Fsp3) is 0.750. The minimum absolute atomic E-state index is 0. The summed E-state index contributed by atoms with van der Waals surface area (Å²) in [5.41, 5.74) is 0. The molecule has 0 radical (unpaired) electrons. The van der Waals surface area contributed by atoms with E-state index in [4.69, 9.17) is 5.41 Å². The first-order chi connectivity index (χ1) is 3.68. The normalized spacial score (nSPS) is 11.8. The Morgan fingerprint density at radius 1 is 1.89 bits per heavy atom. The van der Waals surface area contributed by atoms with Crippen molar-refractivity contribution in [3.05, 3.63) is 0 Å². The second kappa shape index (κ2) is 6.50. The zero-order valence-electron chi connectivity index (χ0n) is 6.64. The Bertz CT molecular complexity index is 122. The Kier molecular flexibility index (Phi) is 8.73. The fourth-order valence-electron chi connectivity index (χ4n) is 0.310. The third kappa shape index (κ3) is 6.26. The molecular weight excluding hydrogens is 133 g/mol. The fourth-order valence-corrected chi connectivity index (χ4v) is 0.681. The van der Waals surface area contributed by atoms with Crippen molar-refractivity contribution < 1.29 is 29.0 Å². The van der Waals surface area contributed by atoms with Gasteiger partial charge in [0.1, 0.15) is 0 Å². The Morgan fingerprint density at radius 3 is 2.44 bits per heavy atom. The molecular formula is C4H9LiNO2S-. The maximum atomic E-state index is 9.86. The van der Waals surface area contributed by atoms with Gasteiger partial charge in [0, 0.05) is 0 Å². The standard InChI is InChI=1S/C4H9NO2S.Li.H/c1-2-3-4(5)8(6)7;;/h5H,2-3H2,1H3,(H,6,7);;/q;+1;-1/p-1. The van der Waals surface area contributed by atoms with E-state index in [1.165, 1.54) is 0 Å². The van der Waals surface area contributed by atoms with Crippen LogP contribution in [0.4, 0.5) is 0 Å². The van der Waals surface area contributed by atoms with Gasteiger partial charge < -0.3 is 5.98 Å². The van der Waals surface area contributed by atoms with Crippen LogP contribution >= 0.6 is 0 Å². The zero-order valence-corrected chi connectivity index (χ0v) is 6.46. The van der Waals surface area contributed by atoms with Crippen molar-refractivity contribution in [1.29, 1.82) is 5.41 Å². The third-order valence-corrected chi connectivity index (χ3v) is 1.28. The van der Waals surface area contributed by atoms with Crippen LogP contribution in [0.25, 0.3) is 0 Å².